The van der Waals surface area contributed by atoms with E-state index in [0.717, 1.165) is 30.6 Å². The quantitative estimate of drug-likeness (QED) is 0.695. The van der Waals surface area contributed by atoms with E-state index < -0.39 is 5.97 Å². The number of hydrogen-bond donors (Lipinski definition) is 3. The Hall–Kier alpha value is -1.88. The van der Waals surface area contributed by atoms with Crippen LogP contribution in [-0.4, -0.2) is 30.1 Å². The minimum absolute atomic E-state index is 0.0586. The van der Waals surface area contributed by atoms with Crippen molar-refractivity contribution in [2.45, 2.75) is 32.7 Å². The first-order chi connectivity index (χ1) is 10.1. The van der Waals surface area contributed by atoms with Crippen molar-refractivity contribution in [1.29, 1.82) is 0 Å². The molecular weight excluding hydrogens is 268 g/mol. The number of nitrogens with one attached hydrogen (secondary N) is 2. The van der Waals surface area contributed by atoms with Gasteiger partial charge < -0.3 is 15.7 Å². The van der Waals surface area contributed by atoms with Crippen LogP contribution in [0.3, 0.4) is 0 Å². The number of benzene rings is 1. The van der Waals surface area contributed by atoms with Gasteiger partial charge in [0, 0.05) is 18.7 Å². The first-order valence-corrected chi connectivity index (χ1v) is 7.42. The second-order valence-corrected chi connectivity index (χ2v) is 5.51. The molecule has 0 fully saturated rings. The zero-order chi connectivity index (χ0) is 15.2. The van der Waals surface area contributed by atoms with Crippen molar-refractivity contribution < 1.29 is 14.7 Å². The van der Waals surface area contributed by atoms with E-state index in [2.05, 4.69) is 10.6 Å². The number of aliphatic carboxylic acids is 1. The standard InChI is InChI=1S/C16H22N2O3/c1-11(16(20)21)4-3-8-18-15(19)14-6-2-5-12-10-17-9-7-13(12)14/h2,5-6,11,17H,3-4,7-10H2,1H3,(H,18,19)(H,20,21). The molecule has 21 heavy (non-hydrogen) atoms. The van der Waals surface area contributed by atoms with E-state index in [4.69, 9.17) is 5.11 Å². The summed E-state index contributed by atoms with van der Waals surface area (Å²) in [5.74, 6) is -1.21. The summed E-state index contributed by atoms with van der Waals surface area (Å²) in [6, 6.07) is 5.82. The molecule has 1 aliphatic heterocycles. The van der Waals surface area contributed by atoms with Crippen LogP contribution < -0.4 is 10.6 Å². The molecule has 0 radical (unpaired) electrons. The maximum absolute atomic E-state index is 12.2. The maximum atomic E-state index is 12.2. The zero-order valence-corrected chi connectivity index (χ0v) is 12.3. The minimum Gasteiger partial charge on any atom is -0.481 e. The monoisotopic (exact) mass is 290 g/mol. The van der Waals surface area contributed by atoms with Gasteiger partial charge in [0.25, 0.3) is 5.91 Å². The average Bonchev–Trinajstić information content (AvgIpc) is 2.50. The Morgan fingerprint density at radius 2 is 2.24 bits per heavy atom. The SMILES string of the molecule is CC(CCCNC(=O)c1cccc2c1CCNC2)C(=O)O. The van der Waals surface area contributed by atoms with E-state index >= 15 is 0 Å². The van der Waals surface area contributed by atoms with Gasteiger partial charge in [0.15, 0.2) is 0 Å². The van der Waals surface area contributed by atoms with Gasteiger partial charge in [-0.1, -0.05) is 19.1 Å². The first kappa shape index (κ1) is 15.5. The third-order valence-electron chi connectivity index (χ3n) is 3.91. The third-order valence-corrected chi connectivity index (χ3v) is 3.91. The maximum Gasteiger partial charge on any atom is 0.306 e. The lowest BCUT2D eigenvalue weighted by Crippen LogP contribution is -2.30. The highest BCUT2D eigenvalue weighted by Crippen LogP contribution is 2.18. The van der Waals surface area contributed by atoms with Crippen molar-refractivity contribution in [3.05, 3.63) is 34.9 Å². The summed E-state index contributed by atoms with van der Waals surface area (Å²) in [7, 11) is 0. The topological polar surface area (TPSA) is 78.4 Å². The number of amides is 1. The number of carboxylic acids is 1. The molecule has 5 heteroatoms. The molecule has 1 aromatic rings. The lowest BCUT2D eigenvalue weighted by Gasteiger charge is -2.20. The Morgan fingerprint density at radius 3 is 3.00 bits per heavy atom. The van der Waals surface area contributed by atoms with E-state index in [9.17, 15) is 9.59 Å². The smallest absolute Gasteiger partial charge is 0.306 e. The number of carboxylic acid groups (broad SMARTS) is 1. The molecule has 1 heterocycles. The Kier molecular flexibility index (Phi) is 5.33. The molecule has 2 rings (SSSR count). The molecule has 114 valence electrons. The predicted molar refractivity (Wildman–Crippen MR) is 80.2 cm³/mol. The summed E-state index contributed by atoms with van der Waals surface area (Å²) in [6.07, 6.45) is 2.12. The molecule has 0 bridgehead atoms. The van der Waals surface area contributed by atoms with Gasteiger partial charge in [-0.05, 0) is 43.0 Å². The molecule has 1 aliphatic rings. The highest BCUT2D eigenvalue weighted by atomic mass is 16.4. The molecule has 0 saturated carbocycles. The normalized spacial score (nSPS) is 15.1. The molecule has 1 atom stereocenters. The van der Waals surface area contributed by atoms with E-state index in [1.807, 2.05) is 18.2 Å². The van der Waals surface area contributed by atoms with Gasteiger partial charge in [0.05, 0.1) is 5.92 Å². The summed E-state index contributed by atoms with van der Waals surface area (Å²) in [6.45, 7) is 3.91. The Balaban J connectivity index is 1.88. The molecular formula is C16H22N2O3. The fraction of sp³-hybridized carbons (Fsp3) is 0.500. The van der Waals surface area contributed by atoms with Crippen LogP contribution in [0.15, 0.2) is 18.2 Å². The molecule has 5 nitrogen and oxygen atoms in total. The molecule has 1 unspecified atom stereocenters. The second kappa shape index (κ2) is 7.22. The number of fused-ring (bicyclic) bond motifs is 1. The number of carbonyl (C=O) groups excluding carboxylic acids is 1. The summed E-state index contributed by atoms with van der Waals surface area (Å²) in [4.78, 5) is 23.0. The summed E-state index contributed by atoms with van der Waals surface area (Å²) >= 11 is 0. The molecule has 0 spiro atoms. The number of rotatable bonds is 6. The molecule has 0 aromatic heterocycles. The molecule has 0 aliphatic carbocycles. The van der Waals surface area contributed by atoms with Crippen LogP contribution in [0.5, 0.6) is 0 Å². The lowest BCUT2D eigenvalue weighted by molar-refractivity contribution is -0.141. The Labute approximate surface area is 124 Å². The van der Waals surface area contributed by atoms with Crippen LogP contribution >= 0.6 is 0 Å². The van der Waals surface area contributed by atoms with Crippen molar-refractivity contribution in [2.24, 2.45) is 5.92 Å². The third kappa shape index (κ3) is 4.04. The summed E-state index contributed by atoms with van der Waals surface area (Å²) < 4.78 is 0. The van der Waals surface area contributed by atoms with Gasteiger partial charge in [-0.3, -0.25) is 9.59 Å². The van der Waals surface area contributed by atoms with Crippen molar-refractivity contribution in [2.75, 3.05) is 13.1 Å². The predicted octanol–water partition coefficient (Wildman–Crippen LogP) is 1.56. The van der Waals surface area contributed by atoms with Gasteiger partial charge >= 0.3 is 5.97 Å². The van der Waals surface area contributed by atoms with Crippen LogP contribution in [0.1, 0.15) is 41.3 Å². The van der Waals surface area contributed by atoms with Crippen LogP contribution in [0.2, 0.25) is 0 Å². The van der Waals surface area contributed by atoms with Crippen molar-refractivity contribution in [3.63, 3.8) is 0 Å². The van der Waals surface area contributed by atoms with Gasteiger partial charge in [-0.25, -0.2) is 0 Å². The van der Waals surface area contributed by atoms with E-state index in [0.29, 0.717) is 19.4 Å². The van der Waals surface area contributed by atoms with E-state index in [1.54, 1.807) is 6.92 Å². The Morgan fingerprint density at radius 1 is 1.43 bits per heavy atom. The van der Waals surface area contributed by atoms with E-state index in [1.165, 1.54) is 5.56 Å². The second-order valence-electron chi connectivity index (χ2n) is 5.51. The summed E-state index contributed by atoms with van der Waals surface area (Å²) in [5.41, 5.74) is 3.07. The first-order valence-electron chi connectivity index (χ1n) is 7.42. The van der Waals surface area contributed by atoms with Crippen LogP contribution in [-0.2, 0) is 17.8 Å². The van der Waals surface area contributed by atoms with Gasteiger partial charge in [-0.15, -0.1) is 0 Å². The highest BCUT2D eigenvalue weighted by molar-refractivity contribution is 5.96. The van der Waals surface area contributed by atoms with Crippen molar-refractivity contribution in [1.82, 2.24) is 10.6 Å². The summed E-state index contributed by atoms with van der Waals surface area (Å²) in [5, 5.41) is 15.0. The average molecular weight is 290 g/mol. The zero-order valence-electron chi connectivity index (χ0n) is 12.3. The molecule has 1 amide bonds. The van der Waals surface area contributed by atoms with E-state index in [-0.39, 0.29) is 11.8 Å². The van der Waals surface area contributed by atoms with Gasteiger partial charge in [-0.2, -0.15) is 0 Å². The largest absolute Gasteiger partial charge is 0.481 e. The Bertz CT molecular complexity index is 528. The molecule has 1 aromatic carbocycles. The van der Waals surface area contributed by atoms with Crippen molar-refractivity contribution >= 4 is 11.9 Å². The van der Waals surface area contributed by atoms with Gasteiger partial charge in [0.1, 0.15) is 0 Å². The van der Waals surface area contributed by atoms with Crippen LogP contribution in [0.25, 0.3) is 0 Å². The lowest BCUT2D eigenvalue weighted by atomic mass is 9.95. The highest BCUT2D eigenvalue weighted by Gasteiger charge is 2.17. The molecule has 0 saturated heterocycles. The number of carbonyl (C=O) groups is 2. The van der Waals surface area contributed by atoms with Crippen molar-refractivity contribution in [3.8, 4) is 0 Å². The van der Waals surface area contributed by atoms with Crippen LogP contribution in [0.4, 0.5) is 0 Å². The van der Waals surface area contributed by atoms with Crippen LogP contribution in [0, 0.1) is 5.92 Å². The fourth-order valence-electron chi connectivity index (χ4n) is 2.57. The minimum atomic E-state index is -0.786. The molecule has 3 N–H and O–H groups in total. The number of hydrogen-bond acceptors (Lipinski definition) is 3. The fourth-order valence-corrected chi connectivity index (χ4v) is 2.57. The van der Waals surface area contributed by atoms with Gasteiger partial charge in [0.2, 0.25) is 0 Å².